The summed E-state index contributed by atoms with van der Waals surface area (Å²) >= 11 is 1.34. The standard InChI is InChI=1S/C17H16N4O3S/c1-3-20-17(23)21-13-8-9-25-14(13)15(22)19(16(21)18-20)10-11-4-6-12(24-2)7-5-11/h4-9H,3,10H2,1-2H3. The van der Waals surface area contributed by atoms with E-state index in [1.54, 1.807) is 17.7 Å². The van der Waals surface area contributed by atoms with Gasteiger partial charge in [-0.15, -0.1) is 16.4 Å². The smallest absolute Gasteiger partial charge is 0.352 e. The summed E-state index contributed by atoms with van der Waals surface area (Å²) in [5.41, 5.74) is 1.17. The van der Waals surface area contributed by atoms with Crippen molar-refractivity contribution >= 4 is 27.3 Å². The highest BCUT2D eigenvalue weighted by Crippen LogP contribution is 2.18. The van der Waals surface area contributed by atoms with Crippen LogP contribution < -0.4 is 16.0 Å². The number of nitrogens with zero attached hydrogens (tertiary/aromatic N) is 4. The molecule has 4 rings (SSSR count). The largest absolute Gasteiger partial charge is 0.497 e. The minimum atomic E-state index is -0.232. The van der Waals surface area contributed by atoms with Gasteiger partial charge in [-0.3, -0.25) is 9.36 Å². The zero-order valence-electron chi connectivity index (χ0n) is 13.8. The fourth-order valence-corrected chi connectivity index (χ4v) is 3.72. The molecule has 0 spiro atoms. The first-order valence-corrected chi connectivity index (χ1v) is 8.74. The lowest BCUT2D eigenvalue weighted by atomic mass is 10.2. The number of methoxy groups -OCH3 is 1. The Morgan fingerprint density at radius 2 is 1.92 bits per heavy atom. The van der Waals surface area contributed by atoms with E-state index in [9.17, 15) is 9.59 Å². The van der Waals surface area contributed by atoms with Crippen molar-refractivity contribution in [2.24, 2.45) is 0 Å². The van der Waals surface area contributed by atoms with Gasteiger partial charge in [-0.05, 0) is 36.1 Å². The molecule has 0 fully saturated rings. The molecule has 1 aromatic carbocycles. The molecule has 0 aliphatic heterocycles. The van der Waals surface area contributed by atoms with E-state index in [2.05, 4.69) is 5.10 Å². The van der Waals surface area contributed by atoms with Gasteiger partial charge in [0.15, 0.2) is 0 Å². The molecular formula is C17H16N4O3S. The summed E-state index contributed by atoms with van der Waals surface area (Å²) in [4.78, 5) is 25.5. The molecule has 0 bridgehead atoms. The summed E-state index contributed by atoms with van der Waals surface area (Å²) in [5.74, 6) is 1.11. The first-order chi connectivity index (χ1) is 12.1. The molecule has 0 amide bonds. The Labute approximate surface area is 146 Å². The summed E-state index contributed by atoms with van der Waals surface area (Å²) in [7, 11) is 1.61. The third-order valence-corrected chi connectivity index (χ3v) is 5.08. The fourth-order valence-electron chi connectivity index (χ4n) is 2.90. The summed E-state index contributed by atoms with van der Waals surface area (Å²) in [6.07, 6.45) is 0. The molecule has 8 heteroatoms. The molecule has 128 valence electrons. The van der Waals surface area contributed by atoms with Gasteiger partial charge in [0.25, 0.3) is 5.56 Å². The van der Waals surface area contributed by atoms with E-state index < -0.39 is 0 Å². The quantitative estimate of drug-likeness (QED) is 0.560. The van der Waals surface area contributed by atoms with Gasteiger partial charge in [-0.25, -0.2) is 13.9 Å². The van der Waals surface area contributed by atoms with Gasteiger partial charge in [0.2, 0.25) is 5.78 Å². The number of benzene rings is 1. The zero-order chi connectivity index (χ0) is 17.6. The van der Waals surface area contributed by atoms with Crippen LogP contribution in [0.2, 0.25) is 0 Å². The van der Waals surface area contributed by atoms with Crippen molar-refractivity contribution in [3.63, 3.8) is 0 Å². The fraction of sp³-hybridized carbons (Fsp3) is 0.235. The molecule has 7 nitrogen and oxygen atoms in total. The monoisotopic (exact) mass is 356 g/mol. The van der Waals surface area contributed by atoms with Crippen molar-refractivity contribution < 1.29 is 4.74 Å². The summed E-state index contributed by atoms with van der Waals surface area (Å²) in [6.45, 7) is 2.63. The van der Waals surface area contributed by atoms with Crippen LogP contribution in [-0.4, -0.2) is 25.9 Å². The number of rotatable bonds is 4. The number of hydrogen-bond acceptors (Lipinski definition) is 5. The Balaban J connectivity index is 1.98. The minimum Gasteiger partial charge on any atom is -0.497 e. The maximum Gasteiger partial charge on any atom is 0.352 e. The summed E-state index contributed by atoms with van der Waals surface area (Å²) in [5, 5.41) is 6.18. The Morgan fingerprint density at radius 3 is 2.60 bits per heavy atom. The van der Waals surface area contributed by atoms with E-state index in [0.29, 0.717) is 29.1 Å². The molecule has 0 atom stereocenters. The lowest BCUT2D eigenvalue weighted by Crippen LogP contribution is -2.25. The molecule has 0 saturated heterocycles. The van der Waals surface area contributed by atoms with Crippen molar-refractivity contribution in [1.82, 2.24) is 18.7 Å². The normalized spacial score (nSPS) is 11.4. The number of fused-ring (bicyclic) bond motifs is 3. The van der Waals surface area contributed by atoms with Crippen LogP contribution in [0.4, 0.5) is 0 Å². The van der Waals surface area contributed by atoms with Crippen molar-refractivity contribution in [2.45, 2.75) is 20.0 Å². The average Bonchev–Trinajstić information content (AvgIpc) is 3.23. The highest BCUT2D eigenvalue weighted by atomic mass is 32.1. The molecule has 3 aromatic heterocycles. The van der Waals surface area contributed by atoms with E-state index in [1.807, 2.05) is 36.6 Å². The Kier molecular flexibility index (Phi) is 3.69. The van der Waals surface area contributed by atoms with Crippen LogP contribution in [-0.2, 0) is 13.1 Å². The van der Waals surface area contributed by atoms with Gasteiger partial charge < -0.3 is 4.74 Å². The van der Waals surface area contributed by atoms with Crippen molar-refractivity contribution in [3.8, 4) is 5.75 Å². The number of thiophene rings is 1. The Hall–Kier alpha value is -2.87. The molecule has 0 N–H and O–H groups in total. The molecule has 0 radical (unpaired) electrons. The second-order valence-corrected chi connectivity index (χ2v) is 6.52. The van der Waals surface area contributed by atoms with Gasteiger partial charge in [-0.1, -0.05) is 12.1 Å². The second-order valence-electron chi connectivity index (χ2n) is 5.61. The average molecular weight is 356 g/mol. The predicted molar refractivity (Wildman–Crippen MR) is 96.9 cm³/mol. The van der Waals surface area contributed by atoms with E-state index in [-0.39, 0.29) is 11.2 Å². The van der Waals surface area contributed by atoms with Crippen molar-refractivity contribution in [2.75, 3.05) is 7.11 Å². The van der Waals surface area contributed by atoms with E-state index in [1.165, 1.54) is 20.4 Å². The number of hydrogen-bond donors (Lipinski definition) is 0. The lowest BCUT2D eigenvalue weighted by Gasteiger charge is -2.08. The molecular weight excluding hydrogens is 340 g/mol. The highest BCUT2D eigenvalue weighted by Gasteiger charge is 2.17. The molecule has 0 saturated carbocycles. The van der Waals surface area contributed by atoms with Crippen LogP contribution in [0.5, 0.6) is 5.75 Å². The third-order valence-electron chi connectivity index (χ3n) is 4.19. The van der Waals surface area contributed by atoms with Crippen LogP contribution in [0.25, 0.3) is 16.0 Å². The minimum absolute atomic E-state index is 0.137. The zero-order valence-corrected chi connectivity index (χ0v) is 14.6. The van der Waals surface area contributed by atoms with Crippen LogP contribution in [0.3, 0.4) is 0 Å². The van der Waals surface area contributed by atoms with Gasteiger partial charge in [0.1, 0.15) is 10.4 Å². The van der Waals surface area contributed by atoms with E-state index >= 15 is 0 Å². The molecule has 0 aliphatic rings. The first-order valence-electron chi connectivity index (χ1n) is 7.86. The van der Waals surface area contributed by atoms with Gasteiger partial charge >= 0.3 is 5.69 Å². The SMILES string of the molecule is CCn1nc2n(Cc3ccc(OC)cc3)c(=O)c3sccc3n2c1=O. The van der Waals surface area contributed by atoms with Crippen LogP contribution in [0.15, 0.2) is 45.3 Å². The Bertz CT molecular complexity index is 1180. The lowest BCUT2D eigenvalue weighted by molar-refractivity contribution is 0.414. The predicted octanol–water partition coefficient (Wildman–Crippen LogP) is 1.95. The maximum atomic E-state index is 12.9. The van der Waals surface area contributed by atoms with Gasteiger partial charge in [0, 0.05) is 6.54 Å². The Morgan fingerprint density at radius 1 is 1.16 bits per heavy atom. The number of aryl methyl sites for hydroxylation is 1. The van der Waals surface area contributed by atoms with Crippen LogP contribution in [0, 0.1) is 0 Å². The highest BCUT2D eigenvalue weighted by molar-refractivity contribution is 7.17. The molecule has 4 aromatic rings. The molecule has 3 heterocycles. The topological polar surface area (TPSA) is 70.5 Å². The van der Waals surface area contributed by atoms with Crippen molar-refractivity contribution in [1.29, 1.82) is 0 Å². The van der Waals surface area contributed by atoms with Crippen molar-refractivity contribution in [3.05, 3.63) is 62.1 Å². The number of aromatic nitrogens is 4. The van der Waals surface area contributed by atoms with Gasteiger partial charge in [-0.2, -0.15) is 0 Å². The van der Waals surface area contributed by atoms with E-state index in [0.717, 1.165) is 11.3 Å². The third kappa shape index (κ3) is 2.37. The van der Waals surface area contributed by atoms with Crippen LogP contribution >= 0.6 is 11.3 Å². The van der Waals surface area contributed by atoms with E-state index in [4.69, 9.17) is 4.74 Å². The second kappa shape index (κ2) is 5.89. The molecule has 0 unspecified atom stereocenters. The number of ether oxygens (including phenoxy) is 1. The van der Waals surface area contributed by atoms with Gasteiger partial charge in [0.05, 0.1) is 19.2 Å². The summed E-state index contributed by atoms with van der Waals surface area (Å²) < 4.78 is 10.2. The summed E-state index contributed by atoms with van der Waals surface area (Å²) in [6, 6.07) is 9.27. The maximum absolute atomic E-state index is 12.9. The molecule has 0 aliphatic carbocycles. The van der Waals surface area contributed by atoms with Crippen LogP contribution in [0.1, 0.15) is 12.5 Å². The molecule has 25 heavy (non-hydrogen) atoms. The first kappa shape index (κ1) is 15.6.